The normalized spacial score (nSPS) is 9.88. The second kappa shape index (κ2) is 8.53. The van der Waals surface area contributed by atoms with Crippen LogP contribution in [0.25, 0.3) is 0 Å². The molecule has 0 saturated carbocycles. The van der Waals surface area contributed by atoms with E-state index in [1.807, 2.05) is 18.2 Å². The van der Waals surface area contributed by atoms with E-state index in [1.54, 1.807) is 6.08 Å². The monoisotopic (exact) mass is 232 g/mol. The van der Waals surface area contributed by atoms with Gasteiger partial charge in [-0.2, -0.15) is 0 Å². The number of benzene rings is 1. The first-order valence-corrected chi connectivity index (χ1v) is 5.95. The first kappa shape index (κ1) is 13.5. The Morgan fingerprint density at radius 3 is 2.71 bits per heavy atom. The van der Waals surface area contributed by atoms with Gasteiger partial charge in [-0.05, 0) is 12.0 Å². The fourth-order valence-corrected chi connectivity index (χ4v) is 1.49. The maximum absolute atomic E-state index is 11.4. The van der Waals surface area contributed by atoms with E-state index in [2.05, 4.69) is 29.3 Å². The minimum atomic E-state index is 0.0949. The van der Waals surface area contributed by atoms with Gasteiger partial charge in [0.1, 0.15) is 0 Å². The zero-order valence-corrected chi connectivity index (χ0v) is 10.1. The van der Waals surface area contributed by atoms with E-state index >= 15 is 0 Å². The number of amides is 1. The topological polar surface area (TPSA) is 41.1 Å². The number of carbonyl (C=O) groups excluding carboxylic acids is 1. The Bertz CT molecular complexity index is 335. The minimum absolute atomic E-state index is 0.0949. The van der Waals surface area contributed by atoms with Crippen LogP contribution >= 0.6 is 0 Å². The van der Waals surface area contributed by atoms with E-state index in [4.69, 9.17) is 0 Å². The van der Waals surface area contributed by atoms with Gasteiger partial charge >= 0.3 is 0 Å². The van der Waals surface area contributed by atoms with Crippen molar-refractivity contribution in [1.82, 2.24) is 10.6 Å². The first-order chi connectivity index (χ1) is 8.33. The van der Waals surface area contributed by atoms with Crippen molar-refractivity contribution in [3.05, 3.63) is 48.6 Å². The van der Waals surface area contributed by atoms with Gasteiger partial charge in [0, 0.05) is 26.1 Å². The molecule has 0 radical (unpaired) electrons. The van der Waals surface area contributed by atoms with E-state index in [9.17, 15) is 4.79 Å². The molecule has 0 aliphatic carbocycles. The molecule has 92 valence electrons. The van der Waals surface area contributed by atoms with E-state index in [1.165, 1.54) is 5.56 Å². The molecule has 3 heteroatoms. The van der Waals surface area contributed by atoms with Gasteiger partial charge in [-0.1, -0.05) is 36.4 Å². The van der Waals surface area contributed by atoms with Gasteiger partial charge in [-0.3, -0.25) is 4.79 Å². The van der Waals surface area contributed by atoms with Gasteiger partial charge in [-0.25, -0.2) is 0 Å². The zero-order valence-electron chi connectivity index (χ0n) is 10.1. The molecule has 1 rings (SSSR count). The molecule has 3 nitrogen and oxygen atoms in total. The number of hydrogen-bond donors (Lipinski definition) is 2. The van der Waals surface area contributed by atoms with Crippen molar-refractivity contribution >= 4 is 5.91 Å². The van der Waals surface area contributed by atoms with Gasteiger partial charge in [0.05, 0.1) is 0 Å². The average molecular weight is 232 g/mol. The summed E-state index contributed by atoms with van der Waals surface area (Å²) in [6.07, 6.45) is 3.18. The Hall–Kier alpha value is -1.61. The molecule has 0 bridgehead atoms. The van der Waals surface area contributed by atoms with Crippen molar-refractivity contribution in [2.24, 2.45) is 0 Å². The van der Waals surface area contributed by atoms with Crippen LogP contribution in [0.5, 0.6) is 0 Å². The van der Waals surface area contributed by atoms with Crippen molar-refractivity contribution in [1.29, 1.82) is 0 Å². The largest absolute Gasteiger partial charge is 0.356 e. The average Bonchev–Trinajstić information content (AvgIpc) is 2.36. The van der Waals surface area contributed by atoms with E-state index in [0.29, 0.717) is 19.5 Å². The number of nitrogens with one attached hydrogen (secondary N) is 2. The van der Waals surface area contributed by atoms with Gasteiger partial charge < -0.3 is 10.6 Å². The maximum Gasteiger partial charge on any atom is 0.221 e. The Kier molecular flexibility index (Phi) is 6.75. The van der Waals surface area contributed by atoms with Crippen LogP contribution in [0.4, 0.5) is 0 Å². The highest BCUT2D eigenvalue weighted by atomic mass is 16.1. The van der Waals surface area contributed by atoms with Crippen LogP contribution < -0.4 is 10.6 Å². The Morgan fingerprint density at radius 2 is 2.00 bits per heavy atom. The lowest BCUT2D eigenvalue weighted by Crippen LogP contribution is -2.29. The molecule has 0 saturated heterocycles. The van der Waals surface area contributed by atoms with Crippen LogP contribution in [0.15, 0.2) is 43.0 Å². The molecule has 1 aromatic rings. The van der Waals surface area contributed by atoms with Crippen molar-refractivity contribution in [3.8, 4) is 0 Å². The molecule has 0 spiro atoms. The predicted molar refractivity (Wildman–Crippen MR) is 70.8 cm³/mol. The van der Waals surface area contributed by atoms with Crippen molar-refractivity contribution in [2.45, 2.75) is 12.8 Å². The molecule has 1 amide bonds. The van der Waals surface area contributed by atoms with Crippen LogP contribution in [0.3, 0.4) is 0 Å². The Morgan fingerprint density at radius 1 is 1.24 bits per heavy atom. The number of hydrogen-bond acceptors (Lipinski definition) is 2. The Balaban J connectivity index is 2.06. The van der Waals surface area contributed by atoms with Crippen molar-refractivity contribution in [3.63, 3.8) is 0 Å². The molecular formula is C14H20N2O. The van der Waals surface area contributed by atoms with E-state index in [0.717, 1.165) is 13.0 Å². The van der Waals surface area contributed by atoms with Crippen molar-refractivity contribution < 1.29 is 4.79 Å². The Labute approximate surface area is 103 Å². The van der Waals surface area contributed by atoms with Gasteiger partial charge in [-0.15, -0.1) is 6.58 Å². The first-order valence-electron chi connectivity index (χ1n) is 5.95. The lowest BCUT2D eigenvalue weighted by Gasteiger charge is -2.05. The molecule has 0 aliphatic rings. The third-order valence-corrected chi connectivity index (χ3v) is 2.40. The quantitative estimate of drug-likeness (QED) is 0.527. The maximum atomic E-state index is 11.4. The van der Waals surface area contributed by atoms with E-state index in [-0.39, 0.29) is 5.91 Å². The highest BCUT2D eigenvalue weighted by Gasteiger charge is 1.99. The standard InChI is InChI=1S/C14H20N2O/c1-2-10-15-11-9-14(17)16-12-8-13-6-4-3-5-7-13/h2-7,15H,1,8-12H2,(H,16,17). The third kappa shape index (κ3) is 6.53. The summed E-state index contributed by atoms with van der Waals surface area (Å²) in [5.41, 5.74) is 1.25. The molecule has 0 heterocycles. The summed E-state index contributed by atoms with van der Waals surface area (Å²) >= 11 is 0. The second-order valence-electron chi connectivity index (χ2n) is 3.83. The highest BCUT2D eigenvalue weighted by Crippen LogP contribution is 1.98. The van der Waals surface area contributed by atoms with Gasteiger partial charge in [0.25, 0.3) is 0 Å². The number of carbonyl (C=O) groups is 1. The molecule has 0 aromatic heterocycles. The summed E-state index contributed by atoms with van der Waals surface area (Å²) in [7, 11) is 0. The molecule has 0 aliphatic heterocycles. The van der Waals surface area contributed by atoms with Crippen LogP contribution in [0.2, 0.25) is 0 Å². The van der Waals surface area contributed by atoms with E-state index < -0.39 is 0 Å². The lowest BCUT2D eigenvalue weighted by atomic mass is 10.1. The van der Waals surface area contributed by atoms with Gasteiger partial charge in [0.2, 0.25) is 5.91 Å². The zero-order chi connectivity index (χ0) is 12.3. The van der Waals surface area contributed by atoms with Crippen LogP contribution in [0, 0.1) is 0 Å². The summed E-state index contributed by atoms with van der Waals surface area (Å²) < 4.78 is 0. The molecule has 17 heavy (non-hydrogen) atoms. The third-order valence-electron chi connectivity index (χ3n) is 2.40. The summed E-state index contributed by atoms with van der Waals surface area (Å²) in [5, 5.41) is 6.00. The van der Waals surface area contributed by atoms with Crippen LogP contribution in [0.1, 0.15) is 12.0 Å². The molecular weight excluding hydrogens is 212 g/mol. The lowest BCUT2D eigenvalue weighted by molar-refractivity contribution is -0.120. The smallest absolute Gasteiger partial charge is 0.221 e. The summed E-state index contributed by atoms with van der Waals surface area (Å²) in [5.74, 6) is 0.0949. The molecule has 0 atom stereocenters. The fraction of sp³-hybridized carbons (Fsp3) is 0.357. The van der Waals surface area contributed by atoms with Crippen molar-refractivity contribution in [2.75, 3.05) is 19.6 Å². The summed E-state index contributed by atoms with van der Waals surface area (Å²) in [6.45, 7) is 5.74. The SMILES string of the molecule is C=CCNCCC(=O)NCCc1ccccc1. The van der Waals surface area contributed by atoms with Crippen LogP contribution in [-0.2, 0) is 11.2 Å². The summed E-state index contributed by atoms with van der Waals surface area (Å²) in [4.78, 5) is 11.4. The molecule has 0 fully saturated rings. The molecule has 1 aromatic carbocycles. The molecule has 0 unspecified atom stereocenters. The summed E-state index contributed by atoms with van der Waals surface area (Å²) in [6, 6.07) is 10.1. The van der Waals surface area contributed by atoms with Gasteiger partial charge in [0.15, 0.2) is 0 Å². The predicted octanol–water partition coefficient (Wildman–Crippen LogP) is 1.51. The second-order valence-corrected chi connectivity index (χ2v) is 3.83. The highest BCUT2D eigenvalue weighted by molar-refractivity contribution is 5.76. The van der Waals surface area contributed by atoms with Crippen LogP contribution in [-0.4, -0.2) is 25.5 Å². The molecule has 2 N–H and O–H groups in total. The minimum Gasteiger partial charge on any atom is -0.356 e. The number of rotatable bonds is 8. The fourth-order valence-electron chi connectivity index (χ4n) is 1.49.